The van der Waals surface area contributed by atoms with Crippen LogP contribution in [-0.2, 0) is 4.79 Å². The fraction of sp³-hybridized carbons (Fsp3) is 0.818. The van der Waals surface area contributed by atoms with E-state index in [0.29, 0.717) is 12.5 Å². The van der Waals surface area contributed by atoms with Crippen molar-refractivity contribution in [1.82, 2.24) is 25.5 Å². The normalized spacial score (nSPS) is 19.9. The van der Waals surface area contributed by atoms with Crippen molar-refractivity contribution in [3.05, 3.63) is 0 Å². The van der Waals surface area contributed by atoms with Gasteiger partial charge in [0.05, 0.1) is 6.04 Å². The molecule has 1 aromatic heterocycles. The van der Waals surface area contributed by atoms with E-state index in [1.54, 1.807) is 14.0 Å². The van der Waals surface area contributed by atoms with Crippen molar-refractivity contribution in [2.24, 2.45) is 0 Å². The Morgan fingerprint density at radius 3 is 2.89 bits per heavy atom. The number of aromatic nitrogens is 4. The molecule has 0 spiro atoms. The van der Waals surface area contributed by atoms with Crippen molar-refractivity contribution in [3.8, 4) is 0 Å². The van der Waals surface area contributed by atoms with Gasteiger partial charge in [-0.25, -0.2) is 4.68 Å². The van der Waals surface area contributed by atoms with Gasteiger partial charge in [0.15, 0.2) is 0 Å². The van der Waals surface area contributed by atoms with Gasteiger partial charge in [0.25, 0.3) is 0 Å². The molecule has 2 atom stereocenters. The largest absolute Gasteiger partial charge is 0.480 e. The standard InChI is InChI=1S/C11H19N5O2S/c1-7(6-11(2,12-3)9(17)18)19-10-13-14-15-16(10)8-4-5-8/h7-8,12H,4-6H2,1-3H3,(H,17,18). The van der Waals surface area contributed by atoms with E-state index in [-0.39, 0.29) is 5.25 Å². The zero-order chi connectivity index (χ0) is 14.0. The van der Waals surface area contributed by atoms with Crippen LogP contribution in [0.2, 0.25) is 0 Å². The Bertz CT molecular complexity index is 462. The Labute approximate surface area is 116 Å². The molecule has 1 aliphatic rings. The van der Waals surface area contributed by atoms with Crippen molar-refractivity contribution in [2.45, 2.75) is 55.1 Å². The molecular weight excluding hydrogens is 266 g/mol. The molecule has 1 saturated carbocycles. The van der Waals surface area contributed by atoms with Gasteiger partial charge >= 0.3 is 5.97 Å². The van der Waals surface area contributed by atoms with Crippen molar-refractivity contribution in [1.29, 1.82) is 0 Å². The fourth-order valence-corrected chi connectivity index (χ4v) is 3.06. The van der Waals surface area contributed by atoms with E-state index in [0.717, 1.165) is 18.0 Å². The summed E-state index contributed by atoms with van der Waals surface area (Å²) in [5.74, 6) is -0.843. The first-order chi connectivity index (χ1) is 8.96. The minimum atomic E-state index is -0.926. The SMILES string of the molecule is CNC(C)(CC(C)Sc1nnnn1C1CC1)C(=O)O. The summed E-state index contributed by atoms with van der Waals surface area (Å²) in [5.41, 5.74) is -0.926. The quantitative estimate of drug-likeness (QED) is 0.720. The minimum absolute atomic E-state index is 0.108. The Kier molecular flexibility index (Phi) is 4.10. The molecule has 106 valence electrons. The average molecular weight is 285 g/mol. The molecule has 0 amide bonds. The molecule has 2 unspecified atom stereocenters. The molecule has 1 heterocycles. The molecule has 19 heavy (non-hydrogen) atoms. The van der Waals surface area contributed by atoms with Crippen molar-refractivity contribution < 1.29 is 9.90 Å². The summed E-state index contributed by atoms with van der Waals surface area (Å²) in [6, 6.07) is 0.430. The highest BCUT2D eigenvalue weighted by Gasteiger charge is 2.34. The number of carboxylic acids is 1. The van der Waals surface area contributed by atoms with Gasteiger partial charge in [-0.3, -0.25) is 4.79 Å². The second kappa shape index (κ2) is 5.46. The van der Waals surface area contributed by atoms with E-state index in [2.05, 4.69) is 20.8 Å². The molecule has 1 aliphatic carbocycles. The molecule has 8 heteroatoms. The van der Waals surface area contributed by atoms with Crippen LogP contribution in [-0.4, -0.2) is 49.1 Å². The number of hydrogen-bond acceptors (Lipinski definition) is 6. The molecule has 0 saturated heterocycles. The summed E-state index contributed by atoms with van der Waals surface area (Å²) < 4.78 is 1.85. The number of aliphatic carboxylic acids is 1. The number of hydrogen-bond donors (Lipinski definition) is 2. The molecular formula is C11H19N5O2S. The highest BCUT2D eigenvalue weighted by Crippen LogP contribution is 2.37. The third-order valence-corrected chi connectivity index (χ3v) is 4.43. The zero-order valence-corrected chi connectivity index (χ0v) is 12.1. The Hall–Kier alpha value is -1.15. The number of likely N-dealkylation sites (N-methyl/N-ethyl adjacent to an activating group) is 1. The van der Waals surface area contributed by atoms with Crippen molar-refractivity contribution in [2.75, 3.05) is 7.05 Å². The minimum Gasteiger partial charge on any atom is -0.480 e. The van der Waals surface area contributed by atoms with Gasteiger partial charge in [-0.15, -0.1) is 5.10 Å². The lowest BCUT2D eigenvalue weighted by Crippen LogP contribution is -2.49. The third-order valence-electron chi connectivity index (χ3n) is 3.38. The lowest BCUT2D eigenvalue weighted by Gasteiger charge is -2.26. The van der Waals surface area contributed by atoms with Crippen LogP contribution in [0.5, 0.6) is 0 Å². The van der Waals surface area contributed by atoms with Crippen molar-refractivity contribution >= 4 is 17.7 Å². The maximum Gasteiger partial charge on any atom is 0.323 e. The molecule has 2 N–H and O–H groups in total. The second-order valence-electron chi connectivity index (χ2n) is 5.16. The lowest BCUT2D eigenvalue weighted by atomic mass is 9.97. The molecule has 0 aromatic carbocycles. The van der Waals surface area contributed by atoms with E-state index in [1.807, 2.05) is 11.6 Å². The smallest absolute Gasteiger partial charge is 0.323 e. The van der Waals surface area contributed by atoms with E-state index in [1.165, 1.54) is 11.8 Å². The number of tetrazole rings is 1. The zero-order valence-electron chi connectivity index (χ0n) is 11.3. The first kappa shape index (κ1) is 14.3. The maximum absolute atomic E-state index is 11.3. The number of nitrogens with one attached hydrogen (secondary N) is 1. The monoisotopic (exact) mass is 285 g/mol. The Balaban J connectivity index is 1.98. The van der Waals surface area contributed by atoms with Gasteiger partial charge in [-0.05, 0) is 43.7 Å². The summed E-state index contributed by atoms with van der Waals surface area (Å²) in [7, 11) is 1.67. The van der Waals surface area contributed by atoms with E-state index in [9.17, 15) is 9.90 Å². The summed E-state index contributed by atoms with van der Waals surface area (Å²) >= 11 is 1.53. The predicted octanol–water partition coefficient (Wildman–Crippen LogP) is 0.941. The summed E-state index contributed by atoms with van der Waals surface area (Å²) in [4.78, 5) is 11.3. The first-order valence-corrected chi connectivity index (χ1v) is 7.21. The summed E-state index contributed by atoms with van der Waals surface area (Å²) in [6.45, 7) is 3.69. The summed E-state index contributed by atoms with van der Waals surface area (Å²) in [5, 5.41) is 24.7. The molecule has 1 aromatic rings. The van der Waals surface area contributed by atoms with Crippen LogP contribution in [0.15, 0.2) is 5.16 Å². The van der Waals surface area contributed by atoms with Gasteiger partial charge < -0.3 is 10.4 Å². The van der Waals surface area contributed by atoms with Crippen LogP contribution >= 0.6 is 11.8 Å². The van der Waals surface area contributed by atoms with Crippen LogP contribution in [0.3, 0.4) is 0 Å². The van der Waals surface area contributed by atoms with E-state index >= 15 is 0 Å². The molecule has 7 nitrogen and oxygen atoms in total. The fourth-order valence-electron chi connectivity index (χ4n) is 1.90. The maximum atomic E-state index is 11.3. The summed E-state index contributed by atoms with van der Waals surface area (Å²) in [6.07, 6.45) is 2.74. The Morgan fingerprint density at radius 1 is 1.68 bits per heavy atom. The van der Waals surface area contributed by atoms with Gasteiger partial charge in [-0.2, -0.15) is 0 Å². The van der Waals surface area contributed by atoms with Crippen LogP contribution in [0, 0.1) is 0 Å². The number of rotatable bonds is 7. The van der Waals surface area contributed by atoms with Gasteiger partial charge in [0.1, 0.15) is 5.54 Å². The molecule has 2 rings (SSSR count). The van der Waals surface area contributed by atoms with Crippen molar-refractivity contribution in [3.63, 3.8) is 0 Å². The number of carboxylic acid groups (broad SMARTS) is 1. The third kappa shape index (κ3) is 3.24. The molecule has 0 radical (unpaired) electrons. The van der Waals surface area contributed by atoms with E-state index in [4.69, 9.17) is 0 Å². The lowest BCUT2D eigenvalue weighted by molar-refractivity contribution is -0.144. The molecule has 0 bridgehead atoms. The predicted molar refractivity (Wildman–Crippen MR) is 71.1 cm³/mol. The van der Waals surface area contributed by atoms with E-state index < -0.39 is 11.5 Å². The van der Waals surface area contributed by atoms with Crippen LogP contribution < -0.4 is 5.32 Å². The van der Waals surface area contributed by atoms with Gasteiger partial charge in [0.2, 0.25) is 5.16 Å². The molecule has 1 fully saturated rings. The highest BCUT2D eigenvalue weighted by atomic mass is 32.2. The van der Waals surface area contributed by atoms with Crippen LogP contribution in [0.25, 0.3) is 0 Å². The topological polar surface area (TPSA) is 92.9 Å². The van der Waals surface area contributed by atoms with Crippen LogP contribution in [0.1, 0.15) is 39.2 Å². The number of thioether (sulfide) groups is 1. The second-order valence-corrected chi connectivity index (χ2v) is 6.56. The van der Waals surface area contributed by atoms with Gasteiger partial charge in [0, 0.05) is 5.25 Å². The first-order valence-electron chi connectivity index (χ1n) is 6.33. The average Bonchev–Trinajstić information content (AvgIpc) is 3.10. The highest BCUT2D eigenvalue weighted by molar-refractivity contribution is 7.99. The van der Waals surface area contributed by atoms with Gasteiger partial charge in [-0.1, -0.05) is 18.7 Å². The van der Waals surface area contributed by atoms with Crippen LogP contribution in [0.4, 0.5) is 0 Å². The number of nitrogens with zero attached hydrogens (tertiary/aromatic N) is 4. The Morgan fingerprint density at radius 2 is 2.37 bits per heavy atom. The molecule has 0 aliphatic heterocycles. The number of carbonyl (C=O) groups is 1.